The standard InChI is InChI=1S/C10H11NO2S/c1-3-12-7-4-6(2)5-8-9(7)11-10(14)13-8/h4-5H,3H2,1-2H3,(H,11,14). The zero-order valence-corrected chi connectivity index (χ0v) is 8.90. The zero-order valence-electron chi connectivity index (χ0n) is 8.09. The van der Waals surface area contributed by atoms with Gasteiger partial charge in [-0.15, -0.1) is 0 Å². The van der Waals surface area contributed by atoms with Crippen LogP contribution in [0, 0.1) is 11.8 Å². The Bertz CT molecular complexity index is 512. The van der Waals surface area contributed by atoms with Gasteiger partial charge in [0.05, 0.1) is 6.61 Å². The Morgan fingerprint density at radius 1 is 1.50 bits per heavy atom. The van der Waals surface area contributed by atoms with Crippen LogP contribution in [0.15, 0.2) is 16.5 Å². The summed E-state index contributed by atoms with van der Waals surface area (Å²) in [6.45, 7) is 4.57. The SMILES string of the molecule is CCOc1cc(C)cc2oc(=S)[nH]c12. The van der Waals surface area contributed by atoms with Crippen LogP contribution in [0.25, 0.3) is 11.1 Å². The maximum atomic E-state index is 5.48. The fourth-order valence-electron chi connectivity index (χ4n) is 1.42. The highest BCUT2D eigenvalue weighted by molar-refractivity contribution is 7.71. The Balaban J connectivity index is 2.72. The van der Waals surface area contributed by atoms with Gasteiger partial charge in [-0.25, -0.2) is 0 Å². The zero-order chi connectivity index (χ0) is 10.1. The summed E-state index contributed by atoms with van der Waals surface area (Å²) >= 11 is 4.92. The summed E-state index contributed by atoms with van der Waals surface area (Å²) in [5.74, 6) is 0.794. The lowest BCUT2D eigenvalue weighted by molar-refractivity contribution is 0.343. The largest absolute Gasteiger partial charge is 0.492 e. The Labute approximate surface area is 86.7 Å². The second-order valence-electron chi connectivity index (χ2n) is 3.08. The van der Waals surface area contributed by atoms with Crippen LogP contribution in [-0.4, -0.2) is 11.6 Å². The third-order valence-electron chi connectivity index (χ3n) is 1.94. The number of rotatable bonds is 2. The minimum Gasteiger partial charge on any atom is -0.492 e. The fraction of sp³-hybridized carbons (Fsp3) is 0.300. The average Bonchev–Trinajstić information content (AvgIpc) is 2.45. The van der Waals surface area contributed by atoms with Gasteiger partial charge in [0, 0.05) is 0 Å². The van der Waals surface area contributed by atoms with E-state index in [-0.39, 0.29) is 0 Å². The molecule has 0 bridgehead atoms. The number of nitrogens with one attached hydrogen (secondary N) is 1. The predicted octanol–water partition coefficient (Wildman–Crippen LogP) is 3.20. The lowest BCUT2D eigenvalue weighted by Crippen LogP contribution is -1.92. The van der Waals surface area contributed by atoms with E-state index in [0.717, 1.165) is 22.4 Å². The molecule has 2 aromatic rings. The van der Waals surface area contributed by atoms with E-state index in [1.165, 1.54) is 0 Å². The molecule has 1 aromatic carbocycles. The van der Waals surface area contributed by atoms with Gasteiger partial charge < -0.3 is 14.1 Å². The molecule has 2 rings (SSSR count). The molecule has 0 saturated carbocycles. The van der Waals surface area contributed by atoms with Crippen LogP contribution in [0.5, 0.6) is 5.75 Å². The van der Waals surface area contributed by atoms with Crippen molar-refractivity contribution in [3.05, 3.63) is 22.5 Å². The lowest BCUT2D eigenvalue weighted by atomic mass is 10.2. The topological polar surface area (TPSA) is 38.2 Å². The highest BCUT2D eigenvalue weighted by Crippen LogP contribution is 2.26. The van der Waals surface area contributed by atoms with Gasteiger partial charge in [-0.3, -0.25) is 0 Å². The number of fused-ring (bicyclic) bond motifs is 1. The van der Waals surface area contributed by atoms with Crippen LogP contribution < -0.4 is 4.74 Å². The van der Waals surface area contributed by atoms with Crippen molar-refractivity contribution in [3.8, 4) is 5.75 Å². The minimum atomic E-state index is 0.381. The molecule has 74 valence electrons. The molecular formula is C10H11NO2S. The number of benzene rings is 1. The Morgan fingerprint density at radius 2 is 2.29 bits per heavy atom. The smallest absolute Gasteiger partial charge is 0.267 e. The number of aromatic nitrogens is 1. The first-order valence-electron chi connectivity index (χ1n) is 4.47. The quantitative estimate of drug-likeness (QED) is 0.772. The van der Waals surface area contributed by atoms with E-state index in [2.05, 4.69) is 4.98 Å². The number of aromatic amines is 1. The third-order valence-corrected chi connectivity index (χ3v) is 2.13. The fourth-order valence-corrected chi connectivity index (χ4v) is 1.61. The molecule has 0 aliphatic rings. The summed E-state index contributed by atoms with van der Waals surface area (Å²) < 4.78 is 10.8. The van der Waals surface area contributed by atoms with Gasteiger partial charge in [-0.05, 0) is 43.8 Å². The van der Waals surface area contributed by atoms with Crippen LogP contribution >= 0.6 is 12.2 Å². The molecule has 0 fully saturated rings. The summed E-state index contributed by atoms with van der Waals surface area (Å²) in [5, 5.41) is 0. The van der Waals surface area contributed by atoms with Gasteiger partial charge in [0.15, 0.2) is 5.58 Å². The molecule has 3 nitrogen and oxygen atoms in total. The van der Waals surface area contributed by atoms with E-state index < -0.39 is 0 Å². The number of hydrogen-bond donors (Lipinski definition) is 1. The summed E-state index contributed by atoms with van der Waals surface area (Å²) in [6, 6.07) is 3.90. The normalized spacial score (nSPS) is 10.7. The lowest BCUT2D eigenvalue weighted by Gasteiger charge is -2.04. The molecule has 0 saturated heterocycles. The van der Waals surface area contributed by atoms with Crippen molar-refractivity contribution >= 4 is 23.3 Å². The maximum absolute atomic E-state index is 5.48. The number of H-pyrrole nitrogens is 1. The van der Waals surface area contributed by atoms with Crippen molar-refractivity contribution in [2.45, 2.75) is 13.8 Å². The Kier molecular flexibility index (Phi) is 2.29. The molecular weight excluding hydrogens is 198 g/mol. The summed E-state index contributed by atoms with van der Waals surface area (Å²) in [6.07, 6.45) is 0. The average molecular weight is 209 g/mol. The minimum absolute atomic E-state index is 0.381. The molecule has 0 unspecified atom stereocenters. The molecule has 0 amide bonds. The van der Waals surface area contributed by atoms with Crippen LogP contribution in [0.1, 0.15) is 12.5 Å². The second kappa shape index (κ2) is 3.46. The number of hydrogen-bond acceptors (Lipinski definition) is 3. The number of oxazole rings is 1. The van der Waals surface area contributed by atoms with Crippen molar-refractivity contribution in [2.24, 2.45) is 0 Å². The number of aryl methyl sites for hydroxylation is 1. The van der Waals surface area contributed by atoms with Crippen molar-refractivity contribution in [2.75, 3.05) is 6.61 Å². The molecule has 1 heterocycles. The van der Waals surface area contributed by atoms with E-state index in [0.29, 0.717) is 11.4 Å². The predicted molar refractivity (Wildman–Crippen MR) is 57.3 cm³/mol. The van der Waals surface area contributed by atoms with Crippen LogP contribution in [0.2, 0.25) is 0 Å². The van der Waals surface area contributed by atoms with Gasteiger partial charge in [-0.1, -0.05) is 0 Å². The molecule has 4 heteroatoms. The molecule has 0 radical (unpaired) electrons. The summed E-state index contributed by atoms with van der Waals surface area (Å²) in [5.41, 5.74) is 2.68. The van der Waals surface area contributed by atoms with Crippen molar-refractivity contribution < 1.29 is 9.15 Å². The van der Waals surface area contributed by atoms with Gasteiger partial charge in [0.2, 0.25) is 0 Å². The van der Waals surface area contributed by atoms with Gasteiger partial charge in [0.1, 0.15) is 11.3 Å². The highest BCUT2D eigenvalue weighted by Gasteiger charge is 2.06. The highest BCUT2D eigenvalue weighted by atomic mass is 32.1. The first-order chi connectivity index (χ1) is 6.70. The van der Waals surface area contributed by atoms with E-state index in [9.17, 15) is 0 Å². The molecule has 0 spiro atoms. The van der Waals surface area contributed by atoms with E-state index in [4.69, 9.17) is 21.4 Å². The van der Waals surface area contributed by atoms with Crippen LogP contribution in [0.3, 0.4) is 0 Å². The van der Waals surface area contributed by atoms with Gasteiger partial charge in [-0.2, -0.15) is 0 Å². The van der Waals surface area contributed by atoms with E-state index in [1.807, 2.05) is 26.0 Å². The first-order valence-corrected chi connectivity index (χ1v) is 4.88. The van der Waals surface area contributed by atoms with Gasteiger partial charge >= 0.3 is 0 Å². The first kappa shape index (κ1) is 9.27. The molecule has 0 atom stereocenters. The van der Waals surface area contributed by atoms with Crippen LogP contribution in [-0.2, 0) is 0 Å². The molecule has 1 aromatic heterocycles. The maximum Gasteiger partial charge on any atom is 0.267 e. The summed E-state index contributed by atoms with van der Waals surface area (Å²) in [4.78, 5) is 3.34. The Hall–Kier alpha value is -1.29. The molecule has 0 aliphatic heterocycles. The second-order valence-corrected chi connectivity index (χ2v) is 3.45. The molecule has 14 heavy (non-hydrogen) atoms. The summed E-state index contributed by atoms with van der Waals surface area (Å²) in [7, 11) is 0. The van der Waals surface area contributed by atoms with Crippen LogP contribution in [0.4, 0.5) is 0 Å². The van der Waals surface area contributed by atoms with Crippen molar-refractivity contribution in [1.82, 2.24) is 4.98 Å². The van der Waals surface area contributed by atoms with Gasteiger partial charge in [0.25, 0.3) is 4.84 Å². The third kappa shape index (κ3) is 1.53. The Morgan fingerprint density at radius 3 is 3.00 bits per heavy atom. The van der Waals surface area contributed by atoms with E-state index >= 15 is 0 Å². The number of ether oxygens (including phenoxy) is 1. The monoisotopic (exact) mass is 209 g/mol. The molecule has 0 aliphatic carbocycles. The molecule has 1 N–H and O–H groups in total. The van der Waals surface area contributed by atoms with Crippen molar-refractivity contribution in [1.29, 1.82) is 0 Å². The van der Waals surface area contributed by atoms with E-state index in [1.54, 1.807) is 0 Å². The van der Waals surface area contributed by atoms with Crippen molar-refractivity contribution in [3.63, 3.8) is 0 Å².